The fraction of sp³-hybridized carbons (Fsp3) is 0.286. The average Bonchev–Trinajstić information content (AvgIpc) is 3.17. The van der Waals surface area contributed by atoms with Crippen LogP contribution in [0.1, 0.15) is 40.3 Å². The summed E-state index contributed by atoms with van der Waals surface area (Å²) in [7, 11) is 3.63. The number of carbonyl (C=O) groups excluding carboxylic acids is 1. The van der Waals surface area contributed by atoms with Crippen LogP contribution >= 0.6 is 0 Å². The third kappa shape index (κ3) is 4.41. The first-order valence-corrected chi connectivity index (χ1v) is 8.89. The number of aromatic nitrogens is 2. The molecule has 1 amide bonds. The van der Waals surface area contributed by atoms with Gasteiger partial charge in [-0.1, -0.05) is 29.8 Å². The van der Waals surface area contributed by atoms with E-state index in [2.05, 4.69) is 20.4 Å². The van der Waals surface area contributed by atoms with Crippen molar-refractivity contribution in [2.24, 2.45) is 0 Å². The number of nitrogens with one attached hydrogen (secondary N) is 1. The normalized spacial score (nSPS) is 12.2. The van der Waals surface area contributed by atoms with Crippen molar-refractivity contribution < 1.29 is 9.21 Å². The van der Waals surface area contributed by atoms with Gasteiger partial charge in [0.15, 0.2) is 0 Å². The maximum Gasteiger partial charge on any atom is 0.251 e. The lowest BCUT2D eigenvalue weighted by molar-refractivity contribution is 0.0963. The molecule has 0 saturated carbocycles. The van der Waals surface area contributed by atoms with Crippen LogP contribution in [-0.2, 0) is 6.54 Å². The first kappa shape index (κ1) is 18.8. The lowest BCUT2D eigenvalue weighted by atomic mass is 10.1. The zero-order valence-corrected chi connectivity index (χ0v) is 16.1. The number of nitrogens with zero attached hydrogens (tertiary/aromatic N) is 3. The number of hydrogen-bond acceptors (Lipinski definition) is 5. The van der Waals surface area contributed by atoms with Crippen LogP contribution in [0.3, 0.4) is 0 Å². The smallest absolute Gasteiger partial charge is 0.251 e. The van der Waals surface area contributed by atoms with Gasteiger partial charge in [0.1, 0.15) is 0 Å². The molecule has 0 aliphatic carbocycles. The third-order valence-electron chi connectivity index (χ3n) is 4.60. The number of rotatable bonds is 6. The lowest BCUT2D eigenvalue weighted by Gasteiger charge is -2.21. The number of carbonyl (C=O) groups is 1. The molecule has 0 unspecified atom stereocenters. The first-order valence-electron chi connectivity index (χ1n) is 8.89. The van der Waals surface area contributed by atoms with Crippen LogP contribution in [0.5, 0.6) is 0 Å². The van der Waals surface area contributed by atoms with E-state index in [0.717, 1.165) is 16.7 Å². The molecule has 6 heteroatoms. The van der Waals surface area contributed by atoms with Gasteiger partial charge in [-0.2, -0.15) is 0 Å². The predicted molar refractivity (Wildman–Crippen MR) is 104 cm³/mol. The highest BCUT2D eigenvalue weighted by atomic mass is 16.4. The first-order chi connectivity index (χ1) is 13.0. The van der Waals surface area contributed by atoms with Gasteiger partial charge in [0, 0.05) is 24.7 Å². The van der Waals surface area contributed by atoms with Gasteiger partial charge in [0.25, 0.3) is 5.91 Å². The minimum Gasteiger partial charge on any atom is -0.419 e. The second kappa shape index (κ2) is 8.14. The summed E-state index contributed by atoms with van der Waals surface area (Å²) in [4.78, 5) is 13.8. The second-order valence-corrected chi connectivity index (χ2v) is 6.68. The van der Waals surface area contributed by atoms with Crippen LogP contribution in [0.25, 0.3) is 11.5 Å². The Balaban J connectivity index is 1.68. The number of benzene rings is 2. The second-order valence-electron chi connectivity index (χ2n) is 6.68. The summed E-state index contributed by atoms with van der Waals surface area (Å²) in [6.45, 7) is 4.77. The Hall–Kier alpha value is -2.99. The molecular formula is C21H24N4O2. The molecule has 0 bridgehead atoms. The highest BCUT2D eigenvalue weighted by Gasteiger charge is 2.19. The predicted octanol–water partition coefficient (Wildman–Crippen LogP) is 3.60. The van der Waals surface area contributed by atoms with E-state index in [0.29, 0.717) is 23.9 Å². The third-order valence-corrected chi connectivity index (χ3v) is 4.60. The zero-order valence-electron chi connectivity index (χ0n) is 16.1. The molecule has 0 saturated heterocycles. The molecule has 3 rings (SSSR count). The van der Waals surface area contributed by atoms with Crippen LogP contribution in [0.4, 0.5) is 0 Å². The van der Waals surface area contributed by atoms with E-state index in [-0.39, 0.29) is 11.9 Å². The van der Waals surface area contributed by atoms with Gasteiger partial charge < -0.3 is 9.73 Å². The summed E-state index contributed by atoms with van der Waals surface area (Å²) in [5.41, 5.74) is 3.83. The standard InChI is InChI=1S/C21H24N4O2/c1-14-6-5-7-18(12-14)21-24-23-20(27-21)15(2)25(4)13-16-8-10-17(11-9-16)19(26)22-3/h5-12,15H,13H2,1-4H3,(H,22,26)/t15-/m0/s1. The minimum atomic E-state index is -0.0854. The zero-order chi connectivity index (χ0) is 19.4. The Bertz CT molecular complexity index is 918. The monoisotopic (exact) mass is 364 g/mol. The van der Waals surface area contributed by atoms with Crippen LogP contribution in [-0.4, -0.2) is 35.1 Å². The van der Waals surface area contributed by atoms with Gasteiger partial charge in [-0.3, -0.25) is 9.69 Å². The Kier molecular flexibility index (Phi) is 5.66. The summed E-state index contributed by atoms with van der Waals surface area (Å²) < 4.78 is 5.89. The van der Waals surface area contributed by atoms with E-state index in [1.807, 2.05) is 69.4 Å². The largest absolute Gasteiger partial charge is 0.419 e. The molecule has 1 atom stereocenters. The lowest BCUT2D eigenvalue weighted by Crippen LogP contribution is -2.22. The van der Waals surface area contributed by atoms with Gasteiger partial charge in [-0.05, 0) is 50.7 Å². The number of aryl methyl sites for hydroxylation is 1. The van der Waals surface area contributed by atoms with Gasteiger partial charge in [0.2, 0.25) is 11.8 Å². The van der Waals surface area contributed by atoms with E-state index >= 15 is 0 Å². The molecule has 2 aromatic carbocycles. The van der Waals surface area contributed by atoms with E-state index in [1.165, 1.54) is 0 Å². The van der Waals surface area contributed by atoms with Crippen molar-refractivity contribution in [3.05, 3.63) is 71.1 Å². The van der Waals surface area contributed by atoms with Gasteiger partial charge in [-0.15, -0.1) is 10.2 Å². The molecular weight excluding hydrogens is 340 g/mol. The molecule has 6 nitrogen and oxygen atoms in total. The van der Waals surface area contributed by atoms with Crippen molar-refractivity contribution in [3.63, 3.8) is 0 Å². The molecule has 3 aromatic rings. The summed E-state index contributed by atoms with van der Waals surface area (Å²) >= 11 is 0. The van der Waals surface area contributed by atoms with Crippen molar-refractivity contribution in [2.45, 2.75) is 26.4 Å². The summed E-state index contributed by atoms with van der Waals surface area (Å²) in [5.74, 6) is 1.03. The molecule has 0 radical (unpaired) electrons. The molecule has 0 fully saturated rings. The summed E-state index contributed by atoms with van der Waals surface area (Å²) in [6, 6.07) is 15.5. The van der Waals surface area contributed by atoms with Gasteiger partial charge >= 0.3 is 0 Å². The van der Waals surface area contributed by atoms with Crippen molar-refractivity contribution in [3.8, 4) is 11.5 Å². The molecule has 1 aromatic heterocycles. The van der Waals surface area contributed by atoms with Crippen molar-refractivity contribution in [1.29, 1.82) is 0 Å². The van der Waals surface area contributed by atoms with E-state index in [1.54, 1.807) is 7.05 Å². The maximum atomic E-state index is 11.6. The molecule has 1 N–H and O–H groups in total. The van der Waals surface area contributed by atoms with E-state index in [4.69, 9.17) is 4.42 Å². The topological polar surface area (TPSA) is 71.3 Å². The van der Waals surface area contributed by atoms with Crippen LogP contribution in [0.2, 0.25) is 0 Å². The van der Waals surface area contributed by atoms with Crippen LogP contribution in [0, 0.1) is 6.92 Å². The fourth-order valence-corrected chi connectivity index (χ4v) is 2.82. The Labute approximate surface area is 159 Å². The Morgan fingerprint density at radius 3 is 2.59 bits per heavy atom. The highest BCUT2D eigenvalue weighted by molar-refractivity contribution is 5.93. The Morgan fingerprint density at radius 1 is 1.19 bits per heavy atom. The fourth-order valence-electron chi connectivity index (χ4n) is 2.82. The molecule has 1 heterocycles. The average molecular weight is 364 g/mol. The molecule has 27 heavy (non-hydrogen) atoms. The Morgan fingerprint density at radius 2 is 1.93 bits per heavy atom. The van der Waals surface area contributed by atoms with E-state index in [9.17, 15) is 4.79 Å². The van der Waals surface area contributed by atoms with Gasteiger partial charge in [-0.25, -0.2) is 0 Å². The van der Waals surface area contributed by atoms with Gasteiger partial charge in [0.05, 0.1) is 6.04 Å². The molecule has 0 aliphatic rings. The summed E-state index contributed by atoms with van der Waals surface area (Å²) in [6.07, 6.45) is 0. The summed E-state index contributed by atoms with van der Waals surface area (Å²) in [5, 5.41) is 11.0. The van der Waals surface area contributed by atoms with Crippen molar-refractivity contribution in [2.75, 3.05) is 14.1 Å². The SMILES string of the molecule is CNC(=O)c1ccc(CN(C)[C@@H](C)c2nnc(-c3cccc(C)c3)o2)cc1. The maximum absolute atomic E-state index is 11.6. The number of hydrogen-bond donors (Lipinski definition) is 1. The van der Waals surface area contributed by atoms with E-state index < -0.39 is 0 Å². The quantitative estimate of drug-likeness (QED) is 0.724. The van der Waals surface area contributed by atoms with Crippen molar-refractivity contribution in [1.82, 2.24) is 20.4 Å². The van der Waals surface area contributed by atoms with Crippen LogP contribution < -0.4 is 5.32 Å². The van der Waals surface area contributed by atoms with Crippen LogP contribution in [0.15, 0.2) is 52.9 Å². The molecule has 0 spiro atoms. The van der Waals surface area contributed by atoms with Crippen molar-refractivity contribution >= 4 is 5.91 Å². The minimum absolute atomic E-state index is 0.0327. The molecule has 140 valence electrons. The molecule has 0 aliphatic heterocycles. The highest BCUT2D eigenvalue weighted by Crippen LogP contribution is 2.24. The number of amides is 1.